The van der Waals surface area contributed by atoms with Crippen LogP contribution in [0.1, 0.15) is 68.1 Å². The maximum atomic E-state index is 13.4. The second kappa shape index (κ2) is 10.6. The van der Waals surface area contributed by atoms with Gasteiger partial charge in [0.2, 0.25) is 5.78 Å². The molecule has 188 valence electrons. The highest BCUT2D eigenvalue weighted by Crippen LogP contribution is 2.34. The van der Waals surface area contributed by atoms with Gasteiger partial charge in [0.25, 0.3) is 0 Å². The van der Waals surface area contributed by atoms with Crippen LogP contribution >= 0.6 is 15.9 Å². The van der Waals surface area contributed by atoms with Gasteiger partial charge in [0.1, 0.15) is 11.4 Å². The van der Waals surface area contributed by atoms with E-state index >= 15 is 0 Å². The quantitative estimate of drug-likeness (QED) is 0.242. The second-order valence-corrected chi connectivity index (χ2v) is 10.4. The number of pyridine rings is 2. The van der Waals surface area contributed by atoms with E-state index in [-0.39, 0.29) is 46.3 Å². The van der Waals surface area contributed by atoms with Crippen molar-refractivity contribution in [1.82, 2.24) is 19.2 Å². The number of ether oxygens (including phenoxy) is 1. The lowest BCUT2D eigenvalue weighted by molar-refractivity contribution is 0.0497. The number of rotatable bonds is 8. The fourth-order valence-corrected chi connectivity index (χ4v) is 5.33. The van der Waals surface area contributed by atoms with E-state index in [0.717, 1.165) is 62.9 Å². The molecule has 8 nitrogen and oxygen atoms in total. The van der Waals surface area contributed by atoms with Crippen LogP contribution in [0.15, 0.2) is 41.1 Å². The van der Waals surface area contributed by atoms with Gasteiger partial charge >= 0.3 is 5.97 Å². The largest absolute Gasteiger partial charge is 0.462 e. The predicted octanol–water partition coefficient (Wildman–Crippen LogP) is 3.84. The van der Waals surface area contributed by atoms with Gasteiger partial charge in [-0.25, -0.2) is 4.79 Å². The zero-order valence-corrected chi connectivity index (χ0v) is 21.9. The number of ketones is 2. The van der Waals surface area contributed by atoms with E-state index in [1.807, 2.05) is 0 Å². The summed E-state index contributed by atoms with van der Waals surface area (Å²) in [6, 6.07) is 6.68. The van der Waals surface area contributed by atoms with E-state index in [0.29, 0.717) is 5.52 Å². The van der Waals surface area contributed by atoms with Gasteiger partial charge in [-0.1, -0.05) is 12.8 Å². The number of carbonyl (C=O) groups is 3. The Bertz CT molecular complexity index is 1330. The molecule has 5 rings (SSSR count). The first-order valence-electron chi connectivity index (χ1n) is 12.4. The normalized spacial score (nSPS) is 16.3. The van der Waals surface area contributed by atoms with Gasteiger partial charge in [-0.2, -0.15) is 0 Å². The number of unbranched alkanes of at least 4 members (excludes halogenated alkanes) is 3. The number of aromatic nitrogens is 2. The Kier molecular flexibility index (Phi) is 7.32. The summed E-state index contributed by atoms with van der Waals surface area (Å²) in [4.78, 5) is 48.9. The molecule has 0 N–H and O–H groups in total. The summed E-state index contributed by atoms with van der Waals surface area (Å²) in [5.74, 6) is -1.35. The van der Waals surface area contributed by atoms with Crippen LogP contribution in [0.2, 0.25) is 0 Å². The minimum atomic E-state index is -0.581. The molecule has 0 bridgehead atoms. The highest BCUT2D eigenvalue weighted by Gasteiger charge is 2.39. The Morgan fingerprint density at radius 2 is 1.81 bits per heavy atom. The van der Waals surface area contributed by atoms with Crippen molar-refractivity contribution in [3.8, 4) is 0 Å². The molecule has 2 aliphatic rings. The summed E-state index contributed by atoms with van der Waals surface area (Å²) in [6.07, 6.45) is 7.12. The van der Waals surface area contributed by atoms with Gasteiger partial charge in [-0.3, -0.25) is 14.6 Å². The number of nitrogens with zero attached hydrogens (tertiary/aromatic N) is 4. The molecule has 0 saturated carbocycles. The summed E-state index contributed by atoms with van der Waals surface area (Å²) >= 11 is 3.42. The van der Waals surface area contributed by atoms with E-state index in [1.54, 1.807) is 34.9 Å². The van der Waals surface area contributed by atoms with Crippen molar-refractivity contribution < 1.29 is 19.1 Å². The number of piperazine rings is 1. The molecule has 36 heavy (non-hydrogen) atoms. The fourth-order valence-electron chi connectivity index (χ4n) is 5.00. The van der Waals surface area contributed by atoms with Crippen LogP contribution < -0.4 is 0 Å². The van der Waals surface area contributed by atoms with Gasteiger partial charge in [0.05, 0.1) is 28.8 Å². The summed E-state index contributed by atoms with van der Waals surface area (Å²) in [6.45, 7) is 5.89. The van der Waals surface area contributed by atoms with Gasteiger partial charge in [0, 0.05) is 43.0 Å². The lowest BCUT2D eigenvalue weighted by Gasteiger charge is -2.32. The minimum Gasteiger partial charge on any atom is -0.462 e. The minimum absolute atomic E-state index is 0.0933. The smallest absolute Gasteiger partial charge is 0.341 e. The van der Waals surface area contributed by atoms with Gasteiger partial charge in [0.15, 0.2) is 5.78 Å². The molecule has 1 aliphatic carbocycles. The van der Waals surface area contributed by atoms with Crippen LogP contribution in [0.25, 0.3) is 5.52 Å². The zero-order chi connectivity index (χ0) is 25.2. The number of esters is 1. The number of likely N-dealkylation sites (N-methyl/N-ethyl adjacent to an activating group) is 1. The Balaban J connectivity index is 1.26. The van der Waals surface area contributed by atoms with E-state index in [4.69, 9.17) is 4.74 Å². The van der Waals surface area contributed by atoms with Crippen LogP contribution in [-0.2, 0) is 4.74 Å². The third-order valence-corrected chi connectivity index (χ3v) is 7.48. The molecule has 4 heterocycles. The highest BCUT2D eigenvalue weighted by atomic mass is 79.9. The Morgan fingerprint density at radius 1 is 1.03 bits per heavy atom. The Morgan fingerprint density at radius 3 is 2.61 bits per heavy atom. The maximum absolute atomic E-state index is 13.4. The van der Waals surface area contributed by atoms with E-state index < -0.39 is 5.97 Å². The van der Waals surface area contributed by atoms with Crippen molar-refractivity contribution in [1.29, 1.82) is 0 Å². The molecule has 0 unspecified atom stereocenters. The number of hydrogen-bond donors (Lipinski definition) is 0. The molecular weight excluding hydrogens is 524 g/mol. The average molecular weight is 553 g/mol. The van der Waals surface area contributed by atoms with Crippen molar-refractivity contribution in [3.05, 3.63) is 69.2 Å². The first-order valence-corrected chi connectivity index (χ1v) is 13.2. The zero-order valence-electron chi connectivity index (χ0n) is 20.3. The van der Waals surface area contributed by atoms with Gasteiger partial charge in [-0.15, -0.1) is 0 Å². The van der Waals surface area contributed by atoms with Crippen molar-refractivity contribution in [2.75, 3.05) is 46.4 Å². The fraction of sp³-hybridized carbons (Fsp3) is 0.407. The number of halogens is 1. The molecule has 0 amide bonds. The summed E-state index contributed by atoms with van der Waals surface area (Å²) in [5.41, 5.74) is 1.16. The van der Waals surface area contributed by atoms with Crippen molar-refractivity contribution in [3.63, 3.8) is 0 Å². The molecule has 1 aliphatic heterocycles. The molecule has 3 aromatic rings. The second-order valence-electron chi connectivity index (χ2n) is 9.45. The molecule has 0 atom stereocenters. The maximum Gasteiger partial charge on any atom is 0.341 e. The SMILES string of the molecule is CN1CCN(CCCCCCOC(=O)c2c3c(n4cc(Br)ccc24)C(=O)c2ncccc2C3=O)CC1. The molecule has 0 spiro atoms. The Labute approximate surface area is 218 Å². The molecule has 0 aromatic carbocycles. The Hall–Kier alpha value is -2.88. The lowest BCUT2D eigenvalue weighted by atomic mass is 9.89. The third-order valence-electron chi connectivity index (χ3n) is 7.01. The van der Waals surface area contributed by atoms with Crippen LogP contribution in [0.3, 0.4) is 0 Å². The average Bonchev–Trinajstić information content (AvgIpc) is 3.22. The van der Waals surface area contributed by atoms with E-state index in [1.165, 1.54) is 6.20 Å². The molecule has 0 radical (unpaired) electrons. The lowest BCUT2D eigenvalue weighted by Crippen LogP contribution is -2.44. The summed E-state index contributed by atoms with van der Waals surface area (Å²) in [7, 11) is 2.16. The molecule has 9 heteroatoms. The van der Waals surface area contributed by atoms with E-state index in [2.05, 4.69) is 37.8 Å². The first kappa shape index (κ1) is 24.8. The van der Waals surface area contributed by atoms with Crippen molar-refractivity contribution in [2.45, 2.75) is 25.7 Å². The van der Waals surface area contributed by atoms with Gasteiger partial charge in [-0.05, 0) is 66.6 Å². The van der Waals surface area contributed by atoms with Gasteiger partial charge < -0.3 is 18.9 Å². The predicted molar refractivity (Wildman–Crippen MR) is 139 cm³/mol. The van der Waals surface area contributed by atoms with E-state index in [9.17, 15) is 14.4 Å². The standard InChI is InChI=1S/C27H29BrN4O4/c1-30-12-14-31(15-13-30)11-4-2-3-5-16-36-27(35)21-20-9-8-18(28)17-32(20)24-22(21)25(33)19-7-6-10-29-23(19)26(24)34/h6-10,17H,2-5,11-16H2,1H3. The van der Waals surface area contributed by atoms with Crippen LogP contribution in [-0.4, -0.2) is 83.1 Å². The summed E-state index contributed by atoms with van der Waals surface area (Å²) in [5, 5.41) is 0. The molecular formula is C27H29BrN4O4. The summed E-state index contributed by atoms with van der Waals surface area (Å²) < 4.78 is 7.92. The third kappa shape index (κ3) is 4.75. The van der Waals surface area contributed by atoms with Crippen molar-refractivity contribution >= 4 is 39.0 Å². The topological polar surface area (TPSA) is 84.2 Å². The first-order chi connectivity index (χ1) is 17.5. The van der Waals surface area contributed by atoms with Crippen molar-refractivity contribution in [2.24, 2.45) is 0 Å². The van der Waals surface area contributed by atoms with Crippen LogP contribution in [0.4, 0.5) is 0 Å². The molecule has 1 fully saturated rings. The number of fused-ring (bicyclic) bond motifs is 4. The molecule has 1 saturated heterocycles. The monoisotopic (exact) mass is 552 g/mol. The number of carbonyl (C=O) groups excluding carboxylic acids is 3. The number of hydrogen-bond acceptors (Lipinski definition) is 7. The molecule has 3 aromatic heterocycles. The highest BCUT2D eigenvalue weighted by molar-refractivity contribution is 9.10. The van der Waals surface area contributed by atoms with Crippen LogP contribution in [0.5, 0.6) is 0 Å². The van der Waals surface area contributed by atoms with Crippen LogP contribution in [0, 0.1) is 0 Å².